The van der Waals surface area contributed by atoms with E-state index in [2.05, 4.69) is 26.1 Å². The predicted octanol–water partition coefficient (Wildman–Crippen LogP) is 3.23. The molecule has 1 aliphatic rings. The van der Waals surface area contributed by atoms with Gasteiger partial charge in [-0.1, -0.05) is 33.1 Å². The minimum Gasteiger partial charge on any atom is -0.354 e. The van der Waals surface area contributed by atoms with E-state index in [0.717, 1.165) is 19.3 Å². The smallest absolute Gasteiger partial charge is 0.220 e. The Morgan fingerprint density at radius 2 is 1.79 bits per heavy atom. The molecule has 0 aromatic heterocycles. The number of carbonyl (C=O) groups is 1. The van der Waals surface area contributed by atoms with Crippen molar-refractivity contribution in [2.24, 2.45) is 17.1 Å². The lowest BCUT2D eigenvalue weighted by Gasteiger charge is -2.36. The molecule has 0 radical (unpaired) electrons. The Kier molecular flexibility index (Phi) is 6.84. The third-order valence-corrected chi connectivity index (χ3v) is 4.47. The maximum atomic E-state index is 12.2. The fraction of sp³-hybridized carbons (Fsp3) is 0.938. The van der Waals surface area contributed by atoms with E-state index in [1.54, 1.807) is 0 Å². The van der Waals surface area contributed by atoms with Crippen LogP contribution in [0, 0.1) is 11.3 Å². The van der Waals surface area contributed by atoms with Crippen molar-refractivity contribution in [3.05, 3.63) is 0 Å². The van der Waals surface area contributed by atoms with Gasteiger partial charge in [0.05, 0.1) is 0 Å². The van der Waals surface area contributed by atoms with Gasteiger partial charge in [0.15, 0.2) is 0 Å². The quantitative estimate of drug-likeness (QED) is 0.745. The normalized spacial score (nSPS) is 20.3. The summed E-state index contributed by atoms with van der Waals surface area (Å²) in [7, 11) is 0. The van der Waals surface area contributed by atoms with Gasteiger partial charge in [-0.05, 0) is 50.5 Å². The van der Waals surface area contributed by atoms with Crippen LogP contribution >= 0.6 is 0 Å². The molecule has 1 saturated carbocycles. The van der Waals surface area contributed by atoms with Crippen molar-refractivity contribution >= 4 is 5.91 Å². The molecule has 3 N–H and O–H groups in total. The van der Waals surface area contributed by atoms with Gasteiger partial charge in [0.2, 0.25) is 5.91 Å². The molecule has 0 saturated heterocycles. The average molecular weight is 268 g/mol. The number of hydrogen-bond donors (Lipinski definition) is 2. The van der Waals surface area contributed by atoms with Crippen molar-refractivity contribution in [1.29, 1.82) is 0 Å². The summed E-state index contributed by atoms with van der Waals surface area (Å²) in [6, 6.07) is 0.285. The zero-order valence-corrected chi connectivity index (χ0v) is 13.0. The van der Waals surface area contributed by atoms with E-state index in [-0.39, 0.29) is 17.4 Å². The molecular weight excluding hydrogens is 236 g/mol. The van der Waals surface area contributed by atoms with Crippen LogP contribution in [0.25, 0.3) is 0 Å². The molecule has 1 unspecified atom stereocenters. The van der Waals surface area contributed by atoms with Crippen LogP contribution in [-0.2, 0) is 4.79 Å². The molecule has 1 fully saturated rings. The first-order chi connectivity index (χ1) is 8.97. The van der Waals surface area contributed by atoms with Gasteiger partial charge in [-0.25, -0.2) is 0 Å². The molecular formula is C16H32N2O. The summed E-state index contributed by atoms with van der Waals surface area (Å²) in [6.45, 7) is 7.21. The summed E-state index contributed by atoms with van der Waals surface area (Å²) < 4.78 is 0. The van der Waals surface area contributed by atoms with Crippen molar-refractivity contribution in [3.8, 4) is 0 Å². The highest BCUT2D eigenvalue weighted by atomic mass is 16.1. The average Bonchev–Trinajstić information content (AvgIpc) is 2.37. The predicted molar refractivity (Wildman–Crippen MR) is 80.9 cm³/mol. The van der Waals surface area contributed by atoms with Crippen LogP contribution in [0.1, 0.15) is 72.1 Å². The van der Waals surface area contributed by atoms with E-state index in [4.69, 9.17) is 5.73 Å². The molecule has 3 nitrogen and oxygen atoms in total. The molecule has 0 aromatic carbocycles. The van der Waals surface area contributed by atoms with Crippen molar-refractivity contribution in [1.82, 2.24) is 5.32 Å². The van der Waals surface area contributed by atoms with Gasteiger partial charge >= 0.3 is 0 Å². The SMILES string of the molecule is CC(C)CCC(C)NC(=O)CC1(CN)CCCCC1. The number of rotatable bonds is 7. The molecule has 19 heavy (non-hydrogen) atoms. The van der Waals surface area contributed by atoms with Gasteiger partial charge in [-0.2, -0.15) is 0 Å². The van der Waals surface area contributed by atoms with E-state index < -0.39 is 0 Å². The Morgan fingerprint density at radius 1 is 1.16 bits per heavy atom. The minimum absolute atomic E-state index is 0.0834. The fourth-order valence-corrected chi connectivity index (χ4v) is 3.08. The molecule has 3 heteroatoms. The zero-order chi connectivity index (χ0) is 14.3. The molecule has 0 aliphatic heterocycles. The molecule has 112 valence electrons. The van der Waals surface area contributed by atoms with Gasteiger partial charge < -0.3 is 11.1 Å². The number of nitrogens with two attached hydrogens (primary N) is 1. The summed E-state index contributed by atoms with van der Waals surface area (Å²) in [6.07, 6.45) is 8.86. The molecule has 0 aromatic rings. The lowest BCUT2D eigenvalue weighted by atomic mass is 9.71. The molecule has 0 spiro atoms. The van der Waals surface area contributed by atoms with Crippen LogP contribution in [-0.4, -0.2) is 18.5 Å². The second-order valence-electron chi connectivity index (χ2n) is 6.88. The fourth-order valence-electron chi connectivity index (χ4n) is 3.08. The number of nitrogens with one attached hydrogen (secondary N) is 1. The highest BCUT2D eigenvalue weighted by Crippen LogP contribution is 2.38. The van der Waals surface area contributed by atoms with Gasteiger partial charge in [-0.3, -0.25) is 4.79 Å². The van der Waals surface area contributed by atoms with Gasteiger partial charge in [0.25, 0.3) is 0 Å². The van der Waals surface area contributed by atoms with Crippen LogP contribution in [0.3, 0.4) is 0 Å². The Bertz CT molecular complexity index is 270. The Morgan fingerprint density at radius 3 is 2.32 bits per heavy atom. The number of carbonyl (C=O) groups excluding carboxylic acids is 1. The number of amides is 1. The molecule has 1 rings (SSSR count). The minimum atomic E-state index is 0.0834. The van der Waals surface area contributed by atoms with Gasteiger partial charge in [0, 0.05) is 12.5 Å². The molecule has 0 heterocycles. The van der Waals surface area contributed by atoms with Crippen molar-refractivity contribution in [3.63, 3.8) is 0 Å². The molecule has 1 aliphatic carbocycles. The summed E-state index contributed by atoms with van der Waals surface area (Å²) in [5.74, 6) is 0.900. The lowest BCUT2D eigenvalue weighted by Crippen LogP contribution is -2.41. The summed E-state index contributed by atoms with van der Waals surface area (Å²) in [5, 5.41) is 3.15. The summed E-state index contributed by atoms with van der Waals surface area (Å²) in [4.78, 5) is 12.2. The van der Waals surface area contributed by atoms with E-state index >= 15 is 0 Å². The maximum absolute atomic E-state index is 12.2. The monoisotopic (exact) mass is 268 g/mol. The van der Waals surface area contributed by atoms with Crippen molar-refractivity contribution in [2.45, 2.75) is 78.2 Å². The van der Waals surface area contributed by atoms with Crippen LogP contribution in [0.15, 0.2) is 0 Å². The standard InChI is InChI=1S/C16H32N2O/c1-13(2)7-8-14(3)18-15(19)11-16(12-17)9-5-4-6-10-16/h13-14H,4-12,17H2,1-3H3,(H,18,19). The Balaban J connectivity index is 2.36. The van der Waals surface area contributed by atoms with Crippen LogP contribution in [0.2, 0.25) is 0 Å². The Hall–Kier alpha value is -0.570. The van der Waals surface area contributed by atoms with Crippen LogP contribution in [0.4, 0.5) is 0 Å². The summed E-state index contributed by atoms with van der Waals surface area (Å²) in [5.41, 5.74) is 6.02. The van der Waals surface area contributed by atoms with Crippen molar-refractivity contribution in [2.75, 3.05) is 6.54 Å². The second-order valence-corrected chi connectivity index (χ2v) is 6.88. The molecule has 1 amide bonds. The molecule has 1 atom stereocenters. The highest BCUT2D eigenvalue weighted by molar-refractivity contribution is 5.77. The van der Waals surface area contributed by atoms with Crippen LogP contribution < -0.4 is 11.1 Å². The molecule has 0 bridgehead atoms. The number of hydrogen-bond acceptors (Lipinski definition) is 2. The van der Waals surface area contributed by atoms with E-state index in [0.29, 0.717) is 18.9 Å². The second kappa shape index (κ2) is 7.88. The first-order valence-electron chi connectivity index (χ1n) is 7.97. The van der Waals surface area contributed by atoms with Gasteiger partial charge in [0.1, 0.15) is 0 Å². The lowest BCUT2D eigenvalue weighted by molar-refractivity contribution is -0.124. The van der Waals surface area contributed by atoms with E-state index in [1.807, 2.05) is 0 Å². The summed E-state index contributed by atoms with van der Waals surface area (Å²) >= 11 is 0. The van der Waals surface area contributed by atoms with Crippen LogP contribution in [0.5, 0.6) is 0 Å². The van der Waals surface area contributed by atoms with E-state index in [9.17, 15) is 4.79 Å². The zero-order valence-electron chi connectivity index (χ0n) is 13.0. The first-order valence-corrected chi connectivity index (χ1v) is 7.97. The van der Waals surface area contributed by atoms with Crippen molar-refractivity contribution < 1.29 is 4.79 Å². The third-order valence-electron chi connectivity index (χ3n) is 4.47. The largest absolute Gasteiger partial charge is 0.354 e. The highest BCUT2D eigenvalue weighted by Gasteiger charge is 2.33. The van der Waals surface area contributed by atoms with E-state index in [1.165, 1.54) is 25.7 Å². The topological polar surface area (TPSA) is 55.1 Å². The Labute approximate surface area is 118 Å². The maximum Gasteiger partial charge on any atom is 0.220 e. The third kappa shape index (κ3) is 5.94. The van der Waals surface area contributed by atoms with Gasteiger partial charge in [-0.15, -0.1) is 0 Å². The first kappa shape index (κ1) is 16.5.